The Bertz CT molecular complexity index is 368. The lowest BCUT2D eigenvalue weighted by Gasteiger charge is -2.25. The Balaban J connectivity index is 2.41. The second-order valence-electron chi connectivity index (χ2n) is 4.32. The first-order chi connectivity index (χ1) is 8.03. The number of nitrogens with two attached hydrogens (primary N) is 1. The molecule has 0 saturated carbocycles. The Morgan fingerprint density at radius 3 is 2.65 bits per heavy atom. The van der Waals surface area contributed by atoms with Gasteiger partial charge in [-0.05, 0) is 18.9 Å². The average Bonchev–Trinajstić information content (AvgIpc) is 2.74. The lowest BCUT2D eigenvalue weighted by Crippen LogP contribution is -2.53. The molecule has 1 aromatic rings. The van der Waals surface area contributed by atoms with Crippen LogP contribution in [0.1, 0.15) is 32.4 Å². The van der Waals surface area contributed by atoms with Crippen LogP contribution in [-0.2, 0) is 18.3 Å². The van der Waals surface area contributed by atoms with Gasteiger partial charge in [0.15, 0.2) is 0 Å². The number of rotatable bonds is 6. The van der Waals surface area contributed by atoms with Gasteiger partial charge in [-0.3, -0.25) is 9.48 Å². The summed E-state index contributed by atoms with van der Waals surface area (Å²) < 4.78 is 1.81. The molecule has 5 heteroatoms. The summed E-state index contributed by atoms with van der Waals surface area (Å²) in [5.74, 6) is -0.0651. The summed E-state index contributed by atoms with van der Waals surface area (Å²) >= 11 is 0. The zero-order valence-corrected chi connectivity index (χ0v) is 10.9. The molecule has 17 heavy (non-hydrogen) atoms. The number of hydrogen-bond donors (Lipinski definition) is 2. The van der Waals surface area contributed by atoms with Crippen molar-refractivity contribution in [3.8, 4) is 0 Å². The third-order valence-electron chi connectivity index (χ3n) is 3.30. The highest BCUT2D eigenvalue weighted by molar-refractivity contribution is 5.85. The number of carbonyl (C=O) groups is 1. The molecule has 1 heterocycles. The number of nitrogens with zero attached hydrogens (tertiary/aromatic N) is 2. The molecule has 1 rings (SSSR count). The SMILES string of the molecule is CCC(N)(CC)C(=O)NCCc1ccnn1C. The van der Waals surface area contributed by atoms with Gasteiger partial charge in [0, 0.05) is 31.9 Å². The van der Waals surface area contributed by atoms with Crippen LogP contribution in [0.4, 0.5) is 0 Å². The van der Waals surface area contributed by atoms with E-state index in [1.807, 2.05) is 31.6 Å². The van der Waals surface area contributed by atoms with Crippen LogP contribution in [0.25, 0.3) is 0 Å². The van der Waals surface area contributed by atoms with Gasteiger partial charge in [0.25, 0.3) is 0 Å². The van der Waals surface area contributed by atoms with Crippen LogP contribution in [0.5, 0.6) is 0 Å². The highest BCUT2D eigenvalue weighted by atomic mass is 16.2. The van der Waals surface area contributed by atoms with E-state index in [-0.39, 0.29) is 5.91 Å². The Hall–Kier alpha value is -1.36. The van der Waals surface area contributed by atoms with E-state index in [4.69, 9.17) is 5.73 Å². The Morgan fingerprint density at radius 2 is 2.18 bits per heavy atom. The van der Waals surface area contributed by atoms with Crippen LogP contribution >= 0.6 is 0 Å². The first-order valence-electron chi connectivity index (χ1n) is 6.07. The van der Waals surface area contributed by atoms with Crippen molar-refractivity contribution in [2.45, 2.75) is 38.6 Å². The van der Waals surface area contributed by atoms with E-state index < -0.39 is 5.54 Å². The molecule has 0 radical (unpaired) electrons. The van der Waals surface area contributed by atoms with Gasteiger partial charge in [-0.1, -0.05) is 13.8 Å². The molecule has 0 aromatic carbocycles. The van der Waals surface area contributed by atoms with Gasteiger partial charge in [0.2, 0.25) is 5.91 Å². The lowest BCUT2D eigenvalue weighted by molar-refractivity contribution is -0.126. The standard InChI is InChI=1S/C12H22N4O/c1-4-12(13,5-2)11(17)14-8-6-10-7-9-15-16(10)3/h7,9H,4-6,8,13H2,1-3H3,(H,14,17). The largest absolute Gasteiger partial charge is 0.354 e. The summed E-state index contributed by atoms with van der Waals surface area (Å²) in [4.78, 5) is 11.9. The van der Waals surface area contributed by atoms with E-state index in [9.17, 15) is 4.79 Å². The average molecular weight is 238 g/mol. The maximum Gasteiger partial charge on any atom is 0.240 e. The molecule has 0 spiro atoms. The topological polar surface area (TPSA) is 72.9 Å². The van der Waals surface area contributed by atoms with Crippen LogP contribution in [0.15, 0.2) is 12.3 Å². The summed E-state index contributed by atoms with van der Waals surface area (Å²) in [7, 11) is 1.89. The Labute approximate surface area is 102 Å². The second kappa shape index (κ2) is 5.82. The fourth-order valence-electron chi connectivity index (χ4n) is 1.70. The van der Waals surface area contributed by atoms with Gasteiger partial charge in [-0.25, -0.2) is 0 Å². The quantitative estimate of drug-likeness (QED) is 0.762. The Morgan fingerprint density at radius 1 is 1.53 bits per heavy atom. The summed E-state index contributed by atoms with van der Waals surface area (Å²) in [6, 6.07) is 1.95. The Kier molecular flexibility index (Phi) is 4.69. The highest BCUT2D eigenvalue weighted by Crippen LogP contribution is 2.10. The summed E-state index contributed by atoms with van der Waals surface area (Å²) in [5, 5.41) is 6.96. The summed E-state index contributed by atoms with van der Waals surface area (Å²) in [5.41, 5.74) is 6.37. The molecule has 0 saturated heterocycles. The van der Waals surface area contributed by atoms with Gasteiger partial charge in [-0.2, -0.15) is 5.10 Å². The molecule has 0 aliphatic carbocycles. The number of aromatic nitrogens is 2. The van der Waals surface area contributed by atoms with E-state index in [0.29, 0.717) is 19.4 Å². The van der Waals surface area contributed by atoms with Crippen LogP contribution in [0.3, 0.4) is 0 Å². The molecule has 0 atom stereocenters. The predicted octanol–water partition coefficient (Wildman–Crippen LogP) is 0.596. The molecule has 0 bridgehead atoms. The van der Waals surface area contributed by atoms with Gasteiger partial charge in [-0.15, -0.1) is 0 Å². The first kappa shape index (κ1) is 13.7. The van der Waals surface area contributed by atoms with Crippen molar-refractivity contribution in [1.82, 2.24) is 15.1 Å². The van der Waals surface area contributed by atoms with Gasteiger partial charge in [0.05, 0.1) is 5.54 Å². The fourth-order valence-corrected chi connectivity index (χ4v) is 1.70. The van der Waals surface area contributed by atoms with Crippen LogP contribution < -0.4 is 11.1 Å². The summed E-state index contributed by atoms with van der Waals surface area (Å²) in [6.45, 7) is 4.46. The van der Waals surface area contributed by atoms with Crippen molar-refractivity contribution < 1.29 is 4.79 Å². The van der Waals surface area contributed by atoms with E-state index in [1.54, 1.807) is 6.20 Å². The zero-order chi connectivity index (χ0) is 12.9. The van der Waals surface area contributed by atoms with Crippen molar-refractivity contribution in [2.75, 3.05) is 6.54 Å². The maximum absolute atomic E-state index is 11.9. The maximum atomic E-state index is 11.9. The minimum Gasteiger partial charge on any atom is -0.354 e. The van der Waals surface area contributed by atoms with Crippen molar-refractivity contribution in [3.63, 3.8) is 0 Å². The molecule has 1 amide bonds. The van der Waals surface area contributed by atoms with Gasteiger partial charge >= 0.3 is 0 Å². The molecular formula is C12H22N4O. The third-order valence-corrected chi connectivity index (χ3v) is 3.30. The molecule has 0 aliphatic heterocycles. The molecule has 96 valence electrons. The van der Waals surface area contributed by atoms with Crippen LogP contribution in [-0.4, -0.2) is 27.8 Å². The molecule has 1 aromatic heterocycles. The minimum absolute atomic E-state index is 0.0651. The van der Waals surface area contributed by atoms with Crippen molar-refractivity contribution in [1.29, 1.82) is 0 Å². The third kappa shape index (κ3) is 3.30. The minimum atomic E-state index is -0.730. The van der Waals surface area contributed by atoms with E-state index in [1.165, 1.54) is 0 Å². The van der Waals surface area contributed by atoms with Crippen LogP contribution in [0, 0.1) is 0 Å². The first-order valence-corrected chi connectivity index (χ1v) is 6.07. The highest BCUT2D eigenvalue weighted by Gasteiger charge is 2.29. The number of nitrogens with one attached hydrogen (secondary N) is 1. The lowest BCUT2D eigenvalue weighted by atomic mass is 9.93. The van der Waals surface area contributed by atoms with Crippen molar-refractivity contribution in [2.24, 2.45) is 12.8 Å². The monoisotopic (exact) mass is 238 g/mol. The number of aryl methyl sites for hydroxylation is 1. The van der Waals surface area contributed by atoms with Crippen molar-refractivity contribution >= 4 is 5.91 Å². The summed E-state index contributed by atoms with van der Waals surface area (Å²) in [6.07, 6.45) is 3.83. The van der Waals surface area contributed by atoms with E-state index in [0.717, 1.165) is 12.1 Å². The number of carbonyl (C=O) groups excluding carboxylic acids is 1. The van der Waals surface area contributed by atoms with Crippen LogP contribution in [0.2, 0.25) is 0 Å². The van der Waals surface area contributed by atoms with E-state index >= 15 is 0 Å². The van der Waals surface area contributed by atoms with Crippen molar-refractivity contribution in [3.05, 3.63) is 18.0 Å². The predicted molar refractivity (Wildman–Crippen MR) is 67.4 cm³/mol. The van der Waals surface area contributed by atoms with E-state index in [2.05, 4.69) is 10.4 Å². The molecular weight excluding hydrogens is 216 g/mol. The smallest absolute Gasteiger partial charge is 0.240 e. The molecule has 0 unspecified atom stereocenters. The zero-order valence-electron chi connectivity index (χ0n) is 10.9. The normalized spacial score (nSPS) is 11.5. The fraction of sp³-hybridized carbons (Fsp3) is 0.667. The van der Waals surface area contributed by atoms with Gasteiger partial charge in [0.1, 0.15) is 0 Å². The molecule has 3 N–H and O–H groups in total. The van der Waals surface area contributed by atoms with Gasteiger partial charge < -0.3 is 11.1 Å². The second-order valence-corrected chi connectivity index (χ2v) is 4.32. The molecule has 0 aliphatic rings. The number of hydrogen-bond acceptors (Lipinski definition) is 3. The molecule has 0 fully saturated rings. The molecule has 5 nitrogen and oxygen atoms in total. The number of amides is 1.